The van der Waals surface area contributed by atoms with Gasteiger partial charge in [-0.05, 0) is 31.2 Å². The molecule has 0 spiro atoms. The fourth-order valence-electron chi connectivity index (χ4n) is 1.39. The first-order chi connectivity index (χ1) is 9.13. The summed E-state index contributed by atoms with van der Waals surface area (Å²) in [6.45, 7) is 2.20. The number of carbonyl (C=O) groups excluding carboxylic acids is 1. The number of rotatable bonds is 5. The van der Waals surface area contributed by atoms with Gasteiger partial charge in [-0.3, -0.25) is 4.79 Å². The monoisotopic (exact) mass is 296 g/mol. The molecule has 0 bridgehead atoms. The van der Waals surface area contributed by atoms with Crippen LogP contribution in [0.15, 0.2) is 29.6 Å². The Morgan fingerprint density at radius 2 is 2.16 bits per heavy atom. The van der Waals surface area contributed by atoms with Crippen molar-refractivity contribution in [3.05, 3.63) is 40.4 Å². The lowest BCUT2D eigenvalue weighted by Gasteiger charge is -2.05. The summed E-state index contributed by atoms with van der Waals surface area (Å²) in [4.78, 5) is 15.8. The van der Waals surface area contributed by atoms with Crippen molar-refractivity contribution in [1.82, 2.24) is 4.98 Å². The first kappa shape index (κ1) is 13.8. The molecule has 4 nitrogen and oxygen atoms in total. The molecule has 0 aliphatic rings. The van der Waals surface area contributed by atoms with Gasteiger partial charge in [0.15, 0.2) is 5.13 Å². The second-order valence-electron chi connectivity index (χ2n) is 3.89. The summed E-state index contributed by atoms with van der Waals surface area (Å²) < 4.78 is 5.44. The molecule has 0 radical (unpaired) electrons. The maximum absolute atomic E-state index is 11.6. The van der Waals surface area contributed by atoms with Gasteiger partial charge in [-0.25, -0.2) is 4.98 Å². The van der Waals surface area contributed by atoms with Crippen molar-refractivity contribution in [3.8, 4) is 5.75 Å². The van der Waals surface area contributed by atoms with Crippen molar-refractivity contribution in [2.45, 2.75) is 13.3 Å². The van der Waals surface area contributed by atoms with Gasteiger partial charge in [0.05, 0.1) is 18.7 Å². The lowest BCUT2D eigenvalue weighted by molar-refractivity contribution is -0.116. The Morgan fingerprint density at radius 3 is 2.79 bits per heavy atom. The van der Waals surface area contributed by atoms with Crippen molar-refractivity contribution < 1.29 is 9.53 Å². The number of nitrogens with one attached hydrogen (secondary N) is 1. The predicted molar refractivity (Wildman–Crippen MR) is 77.0 cm³/mol. The van der Waals surface area contributed by atoms with Crippen LogP contribution in [0.5, 0.6) is 5.75 Å². The summed E-state index contributed by atoms with van der Waals surface area (Å²) in [6, 6.07) is 7.03. The first-order valence-corrected chi connectivity index (χ1v) is 6.99. The van der Waals surface area contributed by atoms with E-state index in [-0.39, 0.29) is 12.3 Å². The minimum absolute atomic E-state index is 0.108. The van der Waals surface area contributed by atoms with Gasteiger partial charge in [0.2, 0.25) is 5.91 Å². The van der Waals surface area contributed by atoms with Crippen LogP contribution in [-0.4, -0.2) is 17.5 Å². The van der Waals surface area contributed by atoms with Crippen molar-refractivity contribution in [1.29, 1.82) is 0 Å². The number of amides is 1. The van der Waals surface area contributed by atoms with Crippen LogP contribution in [0, 0.1) is 6.92 Å². The number of halogens is 1. The SMILES string of the molecule is Cc1csc(NC(=O)CCOc2ccc(Cl)cc2)n1. The van der Waals surface area contributed by atoms with Gasteiger partial charge in [0.1, 0.15) is 5.75 Å². The van der Waals surface area contributed by atoms with Crippen LogP contribution in [0.3, 0.4) is 0 Å². The van der Waals surface area contributed by atoms with Crippen LogP contribution in [0.25, 0.3) is 0 Å². The molecule has 1 aromatic carbocycles. The molecule has 0 saturated heterocycles. The molecular formula is C13H13ClN2O2S. The molecule has 0 aliphatic carbocycles. The van der Waals surface area contributed by atoms with Crippen LogP contribution in [-0.2, 0) is 4.79 Å². The number of carbonyl (C=O) groups is 1. The number of anilines is 1. The molecule has 1 aromatic heterocycles. The largest absolute Gasteiger partial charge is 0.493 e. The molecule has 6 heteroatoms. The maximum Gasteiger partial charge on any atom is 0.229 e. The second-order valence-corrected chi connectivity index (χ2v) is 5.19. The highest BCUT2D eigenvalue weighted by molar-refractivity contribution is 7.13. The molecule has 0 unspecified atom stereocenters. The average molecular weight is 297 g/mol. The molecule has 0 fully saturated rings. The van der Waals surface area contributed by atoms with E-state index in [4.69, 9.17) is 16.3 Å². The quantitative estimate of drug-likeness (QED) is 0.918. The predicted octanol–water partition coefficient (Wildman–Crippen LogP) is 3.51. The number of thiazole rings is 1. The van der Waals surface area contributed by atoms with Gasteiger partial charge in [0.25, 0.3) is 0 Å². The average Bonchev–Trinajstić information content (AvgIpc) is 2.77. The van der Waals surface area contributed by atoms with Crippen molar-refractivity contribution in [2.24, 2.45) is 0 Å². The van der Waals surface area contributed by atoms with E-state index in [9.17, 15) is 4.79 Å². The van der Waals surface area contributed by atoms with Gasteiger partial charge in [0, 0.05) is 10.4 Å². The van der Waals surface area contributed by atoms with Gasteiger partial charge >= 0.3 is 0 Å². The number of ether oxygens (including phenoxy) is 1. The minimum atomic E-state index is -0.108. The van der Waals surface area contributed by atoms with Crippen molar-refractivity contribution in [3.63, 3.8) is 0 Å². The summed E-state index contributed by atoms with van der Waals surface area (Å²) in [5.41, 5.74) is 0.901. The minimum Gasteiger partial charge on any atom is -0.493 e. The number of aryl methyl sites for hydroxylation is 1. The van der Waals surface area contributed by atoms with Gasteiger partial charge in [-0.15, -0.1) is 11.3 Å². The number of benzene rings is 1. The van der Waals surface area contributed by atoms with Crippen molar-refractivity contribution in [2.75, 3.05) is 11.9 Å². The van der Waals surface area contributed by atoms with E-state index in [1.807, 2.05) is 12.3 Å². The Kier molecular flexibility index (Phi) is 4.76. The molecule has 0 atom stereocenters. The summed E-state index contributed by atoms with van der Waals surface area (Å²) in [5.74, 6) is 0.589. The molecule has 2 rings (SSSR count). The molecule has 1 amide bonds. The zero-order valence-corrected chi connectivity index (χ0v) is 11.9. The Bertz CT molecular complexity index is 554. The normalized spacial score (nSPS) is 10.2. The molecule has 100 valence electrons. The maximum atomic E-state index is 11.6. The third kappa shape index (κ3) is 4.54. The van der Waals surface area contributed by atoms with E-state index < -0.39 is 0 Å². The van der Waals surface area contributed by atoms with Gasteiger partial charge < -0.3 is 10.1 Å². The molecule has 0 saturated carbocycles. The number of hydrogen-bond acceptors (Lipinski definition) is 4. The van der Waals surface area contributed by atoms with Crippen molar-refractivity contribution >= 4 is 34.0 Å². The Hall–Kier alpha value is -1.59. The Labute approximate surface area is 120 Å². The zero-order valence-electron chi connectivity index (χ0n) is 10.4. The lowest BCUT2D eigenvalue weighted by atomic mass is 10.3. The van der Waals surface area contributed by atoms with E-state index in [0.29, 0.717) is 22.5 Å². The van der Waals surface area contributed by atoms with Crippen LogP contribution in [0.2, 0.25) is 5.02 Å². The number of hydrogen-bond donors (Lipinski definition) is 1. The number of nitrogens with zero attached hydrogens (tertiary/aromatic N) is 1. The topological polar surface area (TPSA) is 51.2 Å². The summed E-state index contributed by atoms with van der Waals surface area (Å²) >= 11 is 7.17. The zero-order chi connectivity index (χ0) is 13.7. The Morgan fingerprint density at radius 1 is 1.42 bits per heavy atom. The fraction of sp³-hybridized carbons (Fsp3) is 0.231. The van der Waals surface area contributed by atoms with E-state index in [1.165, 1.54) is 11.3 Å². The van der Waals surface area contributed by atoms with Crippen LogP contribution >= 0.6 is 22.9 Å². The van der Waals surface area contributed by atoms with Gasteiger partial charge in [-0.2, -0.15) is 0 Å². The highest BCUT2D eigenvalue weighted by Gasteiger charge is 2.05. The molecule has 1 N–H and O–H groups in total. The standard InChI is InChI=1S/C13H13ClN2O2S/c1-9-8-19-13(15-9)16-12(17)6-7-18-11-4-2-10(14)3-5-11/h2-5,8H,6-7H2,1H3,(H,15,16,17). The first-order valence-electron chi connectivity index (χ1n) is 5.74. The molecular weight excluding hydrogens is 284 g/mol. The van der Waals surface area contributed by atoms with E-state index in [0.717, 1.165) is 5.69 Å². The Balaban J connectivity index is 1.73. The van der Waals surface area contributed by atoms with E-state index in [2.05, 4.69) is 10.3 Å². The summed E-state index contributed by atoms with van der Waals surface area (Å²) in [7, 11) is 0. The van der Waals surface area contributed by atoms with Gasteiger partial charge in [-0.1, -0.05) is 11.6 Å². The van der Waals surface area contributed by atoms with E-state index in [1.54, 1.807) is 24.3 Å². The smallest absolute Gasteiger partial charge is 0.229 e. The molecule has 0 aliphatic heterocycles. The third-order valence-corrected chi connectivity index (χ3v) is 3.40. The summed E-state index contributed by atoms with van der Waals surface area (Å²) in [6.07, 6.45) is 0.279. The lowest BCUT2D eigenvalue weighted by Crippen LogP contribution is -2.15. The second kappa shape index (κ2) is 6.54. The molecule has 19 heavy (non-hydrogen) atoms. The highest BCUT2D eigenvalue weighted by Crippen LogP contribution is 2.16. The highest BCUT2D eigenvalue weighted by atomic mass is 35.5. The van der Waals surface area contributed by atoms with Crippen LogP contribution in [0.1, 0.15) is 12.1 Å². The molecule has 1 heterocycles. The third-order valence-electron chi connectivity index (χ3n) is 2.28. The fourth-order valence-corrected chi connectivity index (χ4v) is 2.22. The summed E-state index contributed by atoms with van der Waals surface area (Å²) in [5, 5.41) is 5.89. The number of aromatic nitrogens is 1. The van der Waals surface area contributed by atoms with E-state index >= 15 is 0 Å². The molecule has 2 aromatic rings. The van der Waals surface area contributed by atoms with Crippen LogP contribution in [0.4, 0.5) is 5.13 Å². The van der Waals surface area contributed by atoms with Crippen LogP contribution < -0.4 is 10.1 Å².